The Morgan fingerprint density at radius 1 is 1.41 bits per heavy atom. The van der Waals surface area contributed by atoms with E-state index in [1.165, 1.54) is 12.8 Å². The summed E-state index contributed by atoms with van der Waals surface area (Å²) in [6.45, 7) is 3.12. The number of hydrogen-bond donors (Lipinski definition) is 1. The van der Waals surface area contributed by atoms with Crippen LogP contribution in [0.5, 0.6) is 0 Å². The van der Waals surface area contributed by atoms with Crippen LogP contribution in [0.25, 0.3) is 0 Å². The molecule has 0 saturated carbocycles. The fourth-order valence-electron chi connectivity index (χ4n) is 1.97. The second-order valence-electron chi connectivity index (χ2n) is 4.24. The summed E-state index contributed by atoms with van der Waals surface area (Å²) in [5.74, 6) is 0.0526. The maximum atomic E-state index is 11.7. The minimum absolute atomic E-state index is 0.0526. The van der Waals surface area contributed by atoms with Crippen LogP contribution in [0.3, 0.4) is 0 Å². The minimum atomic E-state index is 0.0526. The van der Waals surface area contributed by atoms with Crippen LogP contribution in [0, 0.1) is 0 Å². The van der Waals surface area contributed by atoms with E-state index in [0.717, 1.165) is 29.8 Å². The second kappa shape index (κ2) is 6.12. The van der Waals surface area contributed by atoms with E-state index in [9.17, 15) is 4.79 Å². The first-order valence-electron chi connectivity index (χ1n) is 5.87. The zero-order valence-electron chi connectivity index (χ0n) is 9.66. The first-order chi connectivity index (χ1) is 8.24. The van der Waals surface area contributed by atoms with Gasteiger partial charge in [-0.2, -0.15) is 0 Å². The van der Waals surface area contributed by atoms with E-state index in [1.807, 2.05) is 6.07 Å². The molecule has 1 aromatic rings. The van der Waals surface area contributed by atoms with E-state index in [4.69, 9.17) is 0 Å². The molecule has 1 saturated heterocycles. The lowest BCUT2D eigenvalue weighted by Crippen LogP contribution is -2.25. The van der Waals surface area contributed by atoms with Crippen molar-refractivity contribution in [2.75, 3.05) is 25.0 Å². The number of nitrogens with zero attached hydrogens (tertiary/aromatic N) is 2. The molecule has 1 amide bonds. The van der Waals surface area contributed by atoms with Crippen molar-refractivity contribution in [1.82, 2.24) is 9.88 Å². The quantitative estimate of drug-likeness (QED) is 0.927. The zero-order valence-corrected chi connectivity index (χ0v) is 11.2. The van der Waals surface area contributed by atoms with E-state index < -0.39 is 0 Å². The van der Waals surface area contributed by atoms with Crippen LogP contribution in [0.15, 0.2) is 22.9 Å². The van der Waals surface area contributed by atoms with E-state index in [0.29, 0.717) is 6.42 Å². The fraction of sp³-hybridized carbons (Fsp3) is 0.500. The first-order valence-corrected chi connectivity index (χ1v) is 6.66. The van der Waals surface area contributed by atoms with Gasteiger partial charge >= 0.3 is 0 Å². The van der Waals surface area contributed by atoms with Gasteiger partial charge in [-0.3, -0.25) is 9.78 Å². The molecule has 0 aromatic carbocycles. The van der Waals surface area contributed by atoms with Gasteiger partial charge in [-0.1, -0.05) is 0 Å². The number of carbonyl (C=O) groups is 1. The fourth-order valence-corrected chi connectivity index (χ4v) is 2.33. The summed E-state index contributed by atoms with van der Waals surface area (Å²) in [5.41, 5.74) is 0.741. The third-order valence-corrected chi connectivity index (χ3v) is 3.28. The first kappa shape index (κ1) is 12.5. The highest BCUT2D eigenvalue weighted by Crippen LogP contribution is 2.14. The number of amides is 1. The summed E-state index contributed by atoms with van der Waals surface area (Å²) in [6, 6.07) is 1.85. The third-order valence-electron chi connectivity index (χ3n) is 2.84. The number of hydrogen-bond acceptors (Lipinski definition) is 3. The molecule has 0 radical (unpaired) electrons. The average Bonchev–Trinajstić information content (AvgIpc) is 2.79. The molecule has 0 aliphatic carbocycles. The number of carbonyl (C=O) groups excluding carboxylic acids is 1. The molecular formula is C12H16BrN3O. The normalized spacial score (nSPS) is 16.1. The SMILES string of the molecule is O=C(CCN1CCCC1)Nc1cncc(Br)c1. The molecule has 2 heterocycles. The molecule has 92 valence electrons. The van der Waals surface area contributed by atoms with Crippen molar-refractivity contribution >= 4 is 27.5 Å². The van der Waals surface area contributed by atoms with Crippen molar-refractivity contribution < 1.29 is 4.79 Å². The minimum Gasteiger partial charge on any atom is -0.325 e. The van der Waals surface area contributed by atoms with Crippen LogP contribution in [0.2, 0.25) is 0 Å². The Balaban J connectivity index is 1.76. The Morgan fingerprint density at radius 3 is 2.88 bits per heavy atom. The molecule has 0 unspecified atom stereocenters. The van der Waals surface area contributed by atoms with Crippen LogP contribution in [0.1, 0.15) is 19.3 Å². The molecule has 0 atom stereocenters. The number of pyridine rings is 1. The van der Waals surface area contributed by atoms with Crippen molar-refractivity contribution in [3.8, 4) is 0 Å². The Labute approximate surface area is 110 Å². The third kappa shape index (κ3) is 4.09. The second-order valence-corrected chi connectivity index (χ2v) is 5.15. The van der Waals surface area contributed by atoms with Gasteiger partial charge in [0, 0.05) is 23.6 Å². The number of nitrogens with one attached hydrogen (secondary N) is 1. The van der Waals surface area contributed by atoms with Crippen molar-refractivity contribution in [1.29, 1.82) is 0 Å². The number of halogens is 1. The summed E-state index contributed by atoms with van der Waals surface area (Å²) in [7, 11) is 0. The van der Waals surface area contributed by atoms with Gasteiger partial charge in [0.2, 0.25) is 5.91 Å². The number of aromatic nitrogens is 1. The maximum Gasteiger partial charge on any atom is 0.225 e. The Morgan fingerprint density at radius 2 is 2.18 bits per heavy atom. The molecule has 5 heteroatoms. The zero-order chi connectivity index (χ0) is 12.1. The highest BCUT2D eigenvalue weighted by Gasteiger charge is 2.12. The van der Waals surface area contributed by atoms with E-state index in [-0.39, 0.29) is 5.91 Å². The Hall–Kier alpha value is -0.940. The van der Waals surface area contributed by atoms with Crippen LogP contribution < -0.4 is 5.32 Å². The van der Waals surface area contributed by atoms with Crippen LogP contribution in [-0.2, 0) is 4.79 Å². The summed E-state index contributed by atoms with van der Waals surface area (Å²) >= 11 is 3.32. The number of anilines is 1. The lowest BCUT2D eigenvalue weighted by Gasteiger charge is -2.13. The molecule has 1 aromatic heterocycles. The maximum absolute atomic E-state index is 11.7. The van der Waals surface area contributed by atoms with Crippen LogP contribution >= 0.6 is 15.9 Å². The van der Waals surface area contributed by atoms with Crippen molar-refractivity contribution in [3.05, 3.63) is 22.9 Å². The highest BCUT2D eigenvalue weighted by atomic mass is 79.9. The molecule has 1 aliphatic rings. The van der Waals surface area contributed by atoms with Crippen molar-refractivity contribution in [2.45, 2.75) is 19.3 Å². The van der Waals surface area contributed by atoms with Crippen molar-refractivity contribution in [3.63, 3.8) is 0 Å². The molecule has 0 spiro atoms. The number of rotatable bonds is 4. The molecule has 0 bridgehead atoms. The van der Waals surface area contributed by atoms with Gasteiger partial charge < -0.3 is 10.2 Å². The molecule has 1 aliphatic heterocycles. The Kier molecular flexibility index (Phi) is 4.50. The summed E-state index contributed by atoms with van der Waals surface area (Å²) in [4.78, 5) is 18.0. The lowest BCUT2D eigenvalue weighted by molar-refractivity contribution is -0.116. The van der Waals surface area contributed by atoms with Gasteiger partial charge in [0.25, 0.3) is 0 Å². The monoisotopic (exact) mass is 297 g/mol. The van der Waals surface area contributed by atoms with Gasteiger partial charge in [-0.15, -0.1) is 0 Å². The number of likely N-dealkylation sites (tertiary alicyclic amines) is 1. The van der Waals surface area contributed by atoms with Gasteiger partial charge in [-0.25, -0.2) is 0 Å². The molecule has 2 rings (SSSR count). The van der Waals surface area contributed by atoms with E-state index in [2.05, 4.69) is 31.1 Å². The lowest BCUT2D eigenvalue weighted by atomic mass is 10.3. The van der Waals surface area contributed by atoms with Gasteiger partial charge in [0.15, 0.2) is 0 Å². The van der Waals surface area contributed by atoms with Crippen LogP contribution in [0.4, 0.5) is 5.69 Å². The van der Waals surface area contributed by atoms with Gasteiger partial charge in [0.1, 0.15) is 0 Å². The largest absolute Gasteiger partial charge is 0.325 e. The van der Waals surface area contributed by atoms with Gasteiger partial charge in [0.05, 0.1) is 11.9 Å². The Bertz CT molecular complexity index is 391. The molecular weight excluding hydrogens is 282 g/mol. The standard InChI is InChI=1S/C12H16BrN3O/c13-10-7-11(9-14-8-10)15-12(17)3-6-16-4-1-2-5-16/h7-9H,1-6H2,(H,15,17). The average molecular weight is 298 g/mol. The summed E-state index contributed by atoms with van der Waals surface area (Å²) in [5, 5.41) is 2.85. The van der Waals surface area contributed by atoms with E-state index >= 15 is 0 Å². The topological polar surface area (TPSA) is 45.2 Å². The highest BCUT2D eigenvalue weighted by molar-refractivity contribution is 9.10. The molecule has 4 nitrogen and oxygen atoms in total. The summed E-state index contributed by atoms with van der Waals surface area (Å²) < 4.78 is 0.870. The predicted molar refractivity (Wildman–Crippen MR) is 70.9 cm³/mol. The van der Waals surface area contributed by atoms with E-state index in [1.54, 1.807) is 12.4 Å². The van der Waals surface area contributed by atoms with Crippen molar-refractivity contribution in [2.24, 2.45) is 0 Å². The predicted octanol–water partition coefficient (Wildman–Crippen LogP) is 2.27. The molecule has 1 N–H and O–H groups in total. The summed E-state index contributed by atoms with van der Waals surface area (Å²) in [6.07, 6.45) is 6.42. The molecule has 1 fully saturated rings. The van der Waals surface area contributed by atoms with Gasteiger partial charge in [-0.05, 0) is 47.9 Å². The smallest absolute Gasteiger partial charge is 0.225 e. The molecule has 17 heavy (non-hydrogen) atoms. The van der Waals surface area contributed by atoms with Crippen LogP contribution in [-0.4, -0.2) is 35.4 Å².